The summed E-state index contributed by atoms with van der Waals surface area (Å²) in [6.07, 6.45) is 2.39. The zero-order valence-corrected chi connectivity index (χ0v) is 12.9. The fourth-order valence-electron chi connectivity index (χ4n) is 2.08. The van der Waals surface area contributed by atoms with Crippen LogP contribution >= 0.6 is 15.9 Å². The fourth-order valence-corrected chi connectivity index (χ4v) is 2.78. The van der Waals surface area contributed by atoms with E-state index in [1.54, 1.807) is 7.11 Å². The monoisotopic (exact) mass is 313 g/mol. The van der Waals surface area contributed by atoms with Gasteiger partial charge in [-0.2, -0.15) is 0 Å². The van der Waals surface area contributed by atoms with Crippen LogP contribution in [0.1, 0.15) is 50.2 Å². The molecule has 1 aliphatic rings. The summed E-state index contributed by atoms with van der Waals surface area (Å²) in [4.78, 5) is 9.27. The van der Waals surface area contributed by atoms with Gasteiger partial charge in [-0.05, 0) is 34.7 Å². The number of ether oxygens (including phenoxy) is 1. The molecule has 1 saturated carbocycles. The van der Waals surface area contributed by atoms with Crippen LogP contribution in [-0.2, 0) is 4.74 Å². The number of halogens is 1. The van der Waals surface area contributed by atoms with E-state index in [0.29, 0.717) is 11.8 Å². The number of aromatic nitrogens is 2. The summed E-state index contributed by atoms with van der Waals surface area (Å²) < 4.78 is 6.52. The third-order valence-electron chi connectivity index (χ3n) is 3.21. The molecular weight excluding hydrogens is 294 g/mol. The Bertz CT molecular complexity index is 432. The highest BCUT2D eigenvalue weighted by Crippen LogP contribution is 2.44. The van der Waals surface area contributed by atoms with Gasteiger partial charge < -0.3 is 10.1 Å². The Morgan fingerprint density at radius 1 is 1.33 bits per heavy atom. The molecule has 1 heterocycles. The lowest BCUT2D eigenvalue weighted by atomic mass is 10.1. The van der Waals surface area contributed by atoms with Gasteiger partial charge in [-0.15, -0.1) is 0 Å². The Hall–Kier alpha value is -0.680. The van der Waals surface area contributed by atoms with Crippen molar-refractivity contribution in [2.75, 3.05) is 19.5 Å². The second kappa shape index (κ2) is 5.53. The van der Waals surface area contributed by atoms with Crippen molar-refractivity contribution < 1.29 is 4.74 Å². The Morgan fingerprint density at radius 3 is 2.44 bits per heavy atom. The van der Waals surface area contributed by atoms with Crippen molar-refractivity contribution in [3.05, 3.63) is 16.0 Å². The van der Waals surface area contributed by atoms with Crippen molar-refractivity contribution in [1.82, 2.24) is 9.97 Å². The van der Waals surface area contributed by atoms with E-state index in [4.69, 9.17) is 9.72 Å². The van der Waals surface area contributed by atoms with E-state index in [2.05, 4.69) is 40.1 Å². The number of methoxy groups -OCH3 is 1. The molecule has 0 amide bonds. The first kappa shape index (κ1) is 13.7. The van der Waals surface area contributed by atoms with Crippen molar-refractivity contribution in [3.8, 4) is 0 Å². The van der Waals surface area contributed by atoms with Crippen molar-refractivity contribution in [3.63, 3.8) is 0 Å². The first-order valence-corrected chi connectivity index (χ1v) is 7.15. The van der Waals surface area contributed by atoms with Crippen LogP contribution in [0.4, 0.5) is 5.82 Å². The van der Waals surface area contributed by atoms with Gasteiger partial charge in [-0.1, -0.05) is 13.8 Å². The molecule has 0 spiro atoms. The van der Waals surface area contributed by atoms with Crippen molar-refractivity contribution in [1.29, 1.82) is 0 Å². The SMILES string of the molecule is CNc1nc(C(OC)C(C)C)nc(C2CC2)c1Br. The van der Waals surface area contributed by atoms with Crippen LogP contribution in [0.2, 0.25) is 0 Å². The highest BCUT2D eigenvalue weighted by molar-refractivity contribution is 9.10. The Labute approximate surface area is 117 Å². The van der Waals surface area contributed by atoms with Crippen molar-refractivity contribution >= 4 is 21.7 Å². The molecule has 0 aromatic carbocycles. The minimum Gasteiger partial charge on any atom is -0.373 e. The number of rotatable bonds is 5. The van der Waals surface area contributed by atoms with Gasteiger partial charge >= 0.3 is 0 Å². The van der Waals surface area contributed by atoms with Gasteiger partial charge in [0.1, 0.15) is 11.9 Å². The minimum atomic E-state index is -0.0531. The van der Waals surface area contributed by atoms with Crippen LogP contribution in [0.3, 0.4) is 0 Å². The van der Waals surface area contributed by atoms with E-state index >= 15 is 0 Å². The van der Waals surface area contributed by atoms with Crippen LogP contribution < -0.4 is 5.32 Å². The largest absolute Gasteiger partial charge is 0.373 e. The molecule has 0 aliphatic heterocycles. The smallest absolute Gasteiger partial charge is 0.160 e. The van der Waals surface area contributed by atoms with E-state index in [9.17, 15) is 0 Å². The molecule has 4 nitrogen and oxygen atoms in total. The molecule has 1 N–H and O–H groups in total. The standard InChI is InChI=1S/C13H20BrN3O/c1-7(2)11(18-4)13-16-10(8-5-6-8)9(14)12(15-3)17-13/h7-8,11H,5-6H2,1-4H3,(H,15,16,17). The van der Waals surface area contributed by atoms with Crippen LogP contribution in [0.15, 0.2) is 4.47 Å². The summed E-state index contributed by atoms with van der Waals surface area (Å²) in [5.74, 6) is 2.57. The van der Waals surface area contributed by atoms with Gasteiger partial charge in [0, 0.05) is 20.1 Å². The molecule has 1 aromatic heterocycles. The molecule has 0 saturated heterocycles. The lowest BCUT2D eigenvalue weighted by Crippen LogP contribution is -2.15. The zero-order chi connectivity index (χ0) is 13.3. The molecule has 0 bridgehead atoms. The van der Waals surface area contributed by atoms with Gasteiger partial charge in [0.15, 0.2) is 5.82 Å². The number of hydrogen-bond donors (Lipinski definition) is 1. The normalized spacial score (nSPS) is 17.0. The summed E-state index contributed by atoms with van der Waals surface area (Å²) in [6.45, 7) is 4.24. The maximum atomic E-state index is 5.52. The van der Waals surface area contributed by atoms with Crippen molar-refractivity contribution in [2.24, 2.45) is 5.92 Å². The molecule has 100 valence electrons. The fraction of sp³-hybridized carbons (Fsp3) is 0.692. The number of hydrogen-bond acceptors (Lipinski definition) is 4. The summed E-state index contributed by atoms with van der Waals surface area (Å²) in [5.41, 5.74) is 1.12. The maximum Gasteiger partial charge on any atom is 0.160 e. The number of nitrogens with one attached hydrogen (secondary N) is 1. The quantitative estimate of drug-likeness (QED) is 0.903. The van der Waals surface area contributed by atoms with Crippen LogP contribution in [0.5, 0.6) is 0 Å². The molecule has 1 unspecified atom stereocenters. The first-order valence-electron chi connectivity index (χ1n) is 6.36. The van der Waals surface area contributed by atoms with Crippen LogP contribution in [0.25, 0.3) is 0 Å². The summed E-state index contributed by atoms with van der Waals surface area (Å²) in [7, 11) is 3.59. The van der Waals surface area contributed by atoms with Gasteiger partial charge in [-0.3, -0.25) is 0 Å². The third-order valence-corrected chi connectivity index (χ3v) is 3.99. The van der Waals surface area contributed by atoms with Crippen molar-refractivity contribution in [2.45, 2.75) is 38.7 Å². The highest BCUT2D eigenvalue weighted by Gasteiger charge is 2.31. The van der Waals surface area contributed by atoms with E-state index in [1.165, 1.54) is 12.8 Å². The first-order chi connectivity index (χ1) is 8.58. The van der Waals surface area contributed by atoms with E-state index in [0.717, 1.165) is 21.8 Å². The van der Waals surface area contributed by atoms with Gasteiger partial charge in [0.05, 0.1) is 10.2 Å². The van der Waals surface area contributed by atoms with E-state index in [-0.39, 0.29) is 6.10 Å². The molecule has 5 heteroatoms. The molecule has 2 rings (SSSR count). The highest BCUT2D eigenvalue weighted by atomic mass is 79.9. The van der Waals surface area contributed by atoms with Crippen LogP contribution in [0, 0.1) is 5.92 Å². The Kier molecular flexibility index (Phi) is 4.22. The summed E-state index contributed by atoms with van der Waals surface area (Å²) in [6, 6.07) is 0. The summed E-state index contributed by atoms with van der Waals surface area (Å²) in [5, 5.41) is 3.12. The van der Waals surface area contributed by atoms with Gasteiger partial charge in [-0.25, -0.2) is 9.97 Å². The van der Waals surface area contributed by atoms with E-state index < -0.39 is 0 Å². The average molecular weight is 314 g/mol. The zero-order valence-electron chi connectivity index (χ0n) is 11.3. The van der Waals surface area contributed by atoms with E-state index in [1.807, 2.05) is 7.05 Å². The summed E-state index contributed by atoms with van der Waals surface area (Å²) >= 11 is 3.60. The molecule has 1 fully saturated rings. The second-order valence-corrected chi connectivity index (χ2v) is 5.85. The van der Waals surface area contributed by atoms with Gasteiger partial charge in [0.25, 0.3) is 0 Å². The van der Waals surface area contributed by atoms with Gasteiger partial charge in [0.2, 0.25) is 0 Å². The molecule has 1 aromatic rings. The van der Waals surface area contributed by atoms with Crippen LogP contribution in [-0.4, -0.2) is 24.1 Å². The lowest BCUT2D eigenvalue weighted by molar-refractivity contribution is 0.0573. The Morgan fingerprint density at radius 2 is 2.00 bits per heavy atom. The lowest BCUT2D eigenvalue weighted by Gasteiger charge is -2.20. The molecule has 1 atom stereocenters. The predicted octanol–water partition coefficient (Wildman–Crippen LogP) is 3.50. The topological polar surface area (TPSA) is 47.0 Å². The molecule has 1 aliphatic carbocycles. The second-order valence-electron chi connectivity index (χ2n) is 5.05. The minimum absolute atomic E-state index is 0.0531. The number of nitrogens with zero attached hydrogens (tertiary/aromatic N) is 2. The molecule has 0 radical (unpaired) electrons. The average Bonchev–Trinajstić information content (AvgIpc) is 3.15. The number of anilines is 1. The maximum absolute atomic E-state index is 5.52. The Balaban J connectivity index is 2.44. The predicted molar refractivity (Wildman–Crippen MR) is 75.8 cm³/mol. The molecule has 18 heavy (non-hydrogen) atoms. The molecular formula is C13H20BrN3O. The third kappa shape index (κ3) is 2.67.